The SMILES string of the molecule is CCC(CCO)CN1CC(CC)C1. The second kappa shape index (κ2) is 5.61. The Balaban J connectivity index is 2.10. The van der Waals surface area contributed by atoms with E-state index in [4.69, 9.17) is 5.11 Å². The molecule has 1 heterocycles. The summed E-state index contributed by atoms with van der Waals surface area (Å²) >= 11 is 0. The Labute approximate surface area is 81.9 Å². The number of rotatable bonds is 6. The molecule has 2 heteroatoms. The summed E-state index contributed by atoms with van der Waals surface area (Å²) < 4.78 is 0. The molecule has 1 fully saturated rings. The first-order chi connectivity index (χ1) is 6.30. The van der Waals surface area contributed by atoms with Gasteiger partial charge in [-0.25, -0.2) is 0 Å². The van der Waals surface area contributed by atoms with Crippen LogP contribution < -0.4 is 0 Å². The van der Waals surface area contributed by atoms with Crippen molar-refractivity contribution in [3.8, 4) is 0 Å². The third-order valence-electron chi connectivity index (χ3n) is 3.24. The van der Waals surface area contributed by atoms with E-state index in [1.807, 2.05) is 0 Å². The fraction of sp³-hybridized carbons (Fsp3) is 1.00. The maximum absolute atomic E-state index is 8.85. The van der Waals surface area contributed by atoms with Crippen LogP contribution in [0, 0.1) is 11.8 Å². The molecule has 0 radical (unpaired) electrons. The highest BCUT2D eigenvalue weighted by atomic mass is 16.3. The van der Waals surface area contributed by atoms with Gasteiger partial charge in [0, 0.05) is 26.2 Å². The fourth-order valence-corrected chi connectivity index (χ4v) is 2.06. The lowest BCUT2D eigenvalue weighted by Crippen LogP contribution is -2.48. The molecule has 0 aromatic carbocycles. The van der Waals surface area contributed by atoms with Crippen LogP contribution in [0.3, 0.4) is 0 Å². The molecule has 1 atom stereocenters. The summed E-state index contributed by atoms with van der Waals surface area (Å²) in [6, 6.07) is 0. The van der Waals surface area contributed by atoms with Crippen molar-refractivity contribution in [3.05, 3.63) is 0 Å². The third kappa shape index (κ3) is 3.28. The van der Waals surface area contributed by atoms with Crippen molar-refractivity contribution in [1.29, 1.82) is 0 Å². The normalized spacial score (nSPS) is 21.5. The molecule has 0 saturated carbocycles. The Morgan fingerprint density at radius 1 is 1.38 bits per heavy atom. The highest BCUT2D eigenvalue weighted by molar-refractivity contribution is 4.80. The predicted octanol–water partition coefficient (Wildman–Crippen LogP) is 1.74. The third-order valence-corrected chi connectivity index (χ3v) is 3.24. The van der Waals surface area contributed by atoms with E-state index in [1.165, 1.54) is 32.5 Å². The molecule has 0 amide bonds. The largest absolute Gasteiger partial charge is 0.396 e. The van der Waals surface area contributed by atoms with Gasteiger partial charge in [0.25, 0.3) is 0 Å². The Hall–Kier alpha value is -0.0800. The van der Waals surface area contributed by atoms with Gasteiger partial charge in [0.05, 0.1) is 0 Å². The Kier molecular flexibility index (Phi) is 4.74. The minimum atomic E-state index is 0.351. The van der Waals surface area contributed by atoms with Crippen molar-refractivity contribution in [3.63, 3.8) is 0 Å². The zero-order chi connectivity index (χ0) is 9.68. The lowest BCUT2D eigenvalue weighted by atomic mass is 9.94. The molecule has 13 heavy (non-hydrogen) atoms. The summed E-state index contributed by atoms with van der Waals surface area (Å²) in [7, 11) is 0. The second-order valence-corrected chi connectivity index (χ2v) is 4.28. The molecule has 2 nitrogen and oxygen atoms in total. The molecular formula is C11H23NO. The second-order valence-electron chi connectivity index (χ2n) is 4.28. The fourth-order valence-electron chi connectivity index (χ4n) is 2.06. The lowest BCUT2D eigenvalue weighted by molar-refractivity contribution is 0.0722. The van der Waals surface area contributed by atoms with Crippen LogP contribution in [0.4, 0.5) is 0 Å². The number of hydrogen-bond donors (Lipinski definition) is 1. The highest BCUT2D eigenvalue weighted by Crippen LogP contribution is 2.21. The molecule has 1 aliphatic rings. The van der Waals surface area contributed by atoms with Crippen molar-refractivity contribution < 1.29 is 5.11 Å². The predicted molar refractivity (Wildman–Crippen MR) is 55.7 cm³/mol. The van der Waals surface area contributed by atoms with Crippen molar-refractivity contribution in [1.82, 2.24) is 4.90 Å². The first-order valence-electron chi connectivity index (χ1n) is 5.63. The molecule has 1 rings (SSSR count). The molecule has 1 unspecified atom stereocenters. The standard InChI is InChI=1S/C11H23NO/c1-3-10(5-6-13)7-12-8-11(4-2)9-12/h10-11,13H,3-9H2,1-2H3. The zero-order valence-corrected chi connectivity index (χ0v) is 9.00. The minimum absolute atomic E-state index is 0.351. The number of likely N-dealkylation sites (tertiary alicyclic amines) is 1. The molecule has 0 aromatic heterocycles. The van der Waals surface area contributed by atoms with E-state index in [9.17, 15) is 0 Å². The van der Waals surface area contributed by atoms with Crippen molar-refractivity contribution >= 4 is 0 Å². The monoisotopic (exact) mass is 185 g/mol. The van der Waals surface area contributed by atoms with Gasteiger partial charge in [0.15, 0.2) is 0 Å². The van der Waals surface area contributed by atoms with Crippen LogP contribution in [-0.2, 0) is 0 Å². The summed E-state index contributed by atoms with van der Waals surface area (Å²) in [5.41, 5.74) is 0. The number of aliphatic hydroxyl groups excluding tert-OH is 1. The molecule has 1 saturated heterocycles. The molecular weight excluding hydrogens is 162 g/mol. The molecule has 0 spiro atoms. The molecule has 0 aliphatic carbocycles. The molecule has 1 N–H and O–H groups in total. The van der Waals surface area contributed by atoms with E-state index in [1.54, 1.807) is 0 Å². The average molecular weight is 185 g/mol. The molecule has 0 bridgehead atoms. The molecule has 0 aromatic rings. The van der Waals surface area contributed by atoms with Gasteiger partial charge in [0.1, 0.15) is 0 Å². The first-order valence-corrected chi connectivity index (χ1v) is 5.63. The van der Waals surface area contributed by atoms with Crippen LogP contribution in [-0.4, -0.2) is 36.2 Å². The average Bonchev–Trinajstić information content (AvgIpc) is 2.08. The first kappa shape index (κ1) is 11.0. The van der Waals surface area contributed by atoms with Crippen molar-refractivity contribution in [2.45, 2.75) is 33.1 Å². The summed E-state index contributed by atoms with van der Waals surface area (Å²) in [5.74, 6) is 1.66. The van der Waals surface area contributed by atoms with Gasteiger partial charge < -0.3 is 10.0 Å². The van der Waals surface area contributed by atoms with Gasteiger partial charge in [-0.1, -0.05) is 26.7 Å². The van der Waals surface area contributed by atoms with Crippen LogP contribution in [0.25, 0.3) is 0 Å². The van der Waals surface area contributed by atoms with Gasteiger partial charge >= 0.3 is 0 Å². The summed E-state index contributed by atoms with van der Waals surface area (Å²) in [6.45, 7) is 8.62. The van der Waals surface area contributed by atoms with E-state index in [0.29, 0.717) is 12.5 Å². The van der Waals surface area contributed by atoms with E-state index in [0.717, 1.165) is 12.3 Å². The van der Waals surface area contributed by atoms with Crippen LogP contribution in [0.5, 0.6) is 0 Å². The van der Waals surface area contributed by atoms with Crippen LogP contribution >= 0.6 is 0 Å². The molecule has 1 aliphatic heterocycles. The van der Waals surface area contributed by atoms with Gasteiger partial charge in [0.2, 0.25) is 0 Å². The number of hydrogen-bond acceptors (Lipinski definition) is 2. The van der Waals surface area contributed by atoms with E-state index >= 15 is 0 Å². The van der Waals surface area contributed by atoms with Gasteiger partial charge in [-0.3, -0.25) is 0 Å². The minimum Gasteiger partial charge on any atom is -0.396 e. The maximum Gasteiger partial charge on any atom is 0.0434 e. The van der Waals surface area contributed by atoms with Crippen molar-refractivity contribution in [2.75, 3.05) is 26.2 Å². The maximum atomic E-state index is 8.85. The smallest absolute Gasteiger partial charge is 0.0434 e. The van der Waals surface area contributed by atoms with Gasteiger partial charge in [-0.2, -0.15) is 0 Å². The van der Waals surface area contributed by atoms with Gasteiger partial charge in [-0.05, 0) is 18.3 Å². The zero-order valence-electron chi connectivity index (χ0n) is 9.00. The Bertz CT molecular complexity index is 132. The summed E-state index contributed by atoms with van der Waals surface area (Å²) in [5, 5.41) is 8.85. The Morgan fingerprint density at radius 2 is 2.08 bits per heavy atom. The van der Waals surface area contributed by atoms with Crippen LogP contribution in [0.1, 0.15) is 33.1 Å². The lowest BCUT2D eigenvalue weighted by Gasteiger charge is -2.40. The Morgan fingerprint density at radius 3 is 2.54 bits per heavy atom. The van der Waals surface area contributed by atoms with E-state index < -0.39 is 0 Å². The number of nitrogens with zero attached hydrogens (tertiary/aromatic N) is 1. The summed E-state index contributed by atoms with van der Waals surface area (Å²) in [4.78, 5) is 2.53. The summed E-state index contributed by atoms with van der Waals surface area (Å²) in [6.07, 6.45) is 3.50. The number of aliphatic hydroxyl groups is 1. The quantitative estimate of drug-likeness (QED) is 0.681. The topological polar surface area (TPSA) is 23.5 Å². The van der Waals surface area contributed by atoms with E-state index in [-0.39, 0.29) is 0 Å². The van der Waals surface area contributed by atoms with E-state index in [2.05, 4.69) is 18.7 Å². The van der Waals surface area contributed by atoms with Crippen LogP contribution in [0.15, 0.2) is 0 Å². The molecule has 78 valence electrons. The van der Waals surface area contributed by atoms with Crippen molar-refractivity contribution in [2.24, 2.45) is 11.8 Å². The van der Waals surface area contributed by atoms with Gasteiger partial charge in [-0.15, -0.1) is 0 Å². The van der Waals surface area contributed by atoms with Crippen LogP contribution in [0.2, 0.25) is 0 Å². The highest BCUT2D eigenvalue weighted by Gasteiger charge is 2.26.